The van der Waals surface area contributed by atoms with Crippen LogP contribution in [0.25, 0.3) is 10.4 Å². The molecule has 0 spiro atoms. The van der Waals surface area contributed by atoms with Gasteiger partial charge < -0.3 is 5.32 Å². The van der Waals surface area contributed by atoms with Gasteiger partial charge in [0.05, 0.1) is 15.5 Å². The fourth-order valence-corrected chi connectivity index (χ4v) is 3.52. The Kier molecular flexibility index (Phi) is 4.40. The number of aryl methyl sites for hydroxylation is 1. The van der Waals surface area contributed by atoms with Crippen molar-refractivity contribution >= 4 is 32.4 Å². The Morgan fingerprint density at radius 1 is 1.24 bits per heavy atom. The van der Waals surface area contributed by atoms with E-state index in [9.17, 15) is 13.2 Å². The molecule has 2 N–H and O–H groups in total. The molecule has 1 heterocycles. The molecule has 21 heavy (non-hydrogen) atoms. The standard InChI is InChI=1S/C13H15N3O3S2/c1-8-12(20-13(15-8)16-9(2)17)10-4-6-11(7-5-10)21(18,19)14-3/h4-7,14H,1-3H3,(H,15,16,17). The van der Waals surface area contributed by atoms with Crippen molar-refractivity contribution in [2.24, 2.45) is 0 Å². The van der Waals surface area contributed by atoms with Gasteiger partial charge in [-0.3, -0.25) is 4.79 Å². The second kappa shape index (κ2) is 5.92. The summed E-state index contributed by atoms with van der Waals surface area (Å²) in [5.41, 5.74) is 1.64. The molecular formula is C13H15N3O3S2. The minimum Gasteiger partial charge on any atom is -0.302 e. The Morgan fingerprint density at radius 2 is 1.86 bits per heavy atom. The lowest BCUT2D eigenvalue weighted by Gasteiger charge is -2.03. The lowest BCUT2D eigenvalue weighted by molar-refractivity contribution is -0.114. The smallest absolute Gasteiger partial charge is 0.240 e. The largest absolute Gasteiger partial charge is 0.302 e. The van der Waals surface area contributed by atoms with Gasteiger partial charge in [-0.1, -0.05) is 23.5 Å². The van der Waals surface area contributed by atoms with Gasteiger partial charge in [-0.05, 0) is 31.7 Å². The van der Waals surface area contributed by atoms with Crippen molar-refractivity contribution in [3.8, 4) is 10.4 Å². The molecule has 1 aromatic heterocycles. The molecular weight excluding hydrogens is 310 g/mol. The molecule has 0 bridgehead atoms. The summed E-state index contributed by atoms with van der Waals surface area (Å²) in [5, 5.41) is 3.17. The summed E-state index contributed by atoms with van der Waals surface area (Å²) in [7, 11) is -2.07. The monoisotopic (exact) mass is 325 g/mol. The van der Waals surface area contributed by atoms with Crippen LogP contribution in [0.5, 0.6) is 0 Å². The fraction of sp³-hybridized carbons (Fsp3) is 0.231. The predicted octanol–water partition coefficient (Wildman–Crippen LogP) is 1.99. The maximum Gasteiger partial charge on any atom is 0.240 e. The highest BCUT2D eigenvalue weighted by molar-refractivity contribution is 7.89. The molecule has 0 aliphatic carbocycles. The van der Waals surface area contributed by atoms with E-state index >= 15 is 0 Å². The normalized spacial score (nSPS) is 11.4. The van der Waals surface area contributed by atoms with E-state index in [0.717, 1.165) is 16.1 Å². The van der Waals surface area contributed by atoms with Crippen LogP contribution in [-0.2, 0) is 14.8 Å². The average molecular weight is 325 g/mol. The first-order valence-corrected chi connectivity index (χ1v) is 8.42. The Bertz CT molecular complexity index is 764. The summed E-state index contributed by atoms with van der Waals surface area (Å²) in [6.07, 6.45) is 0. The molecule has 0 atom stereocenters. The molecule has 0 saturated heterocycles. The number of amides is 1. The number of anilines is 1. The molecule has 2 rings (SSSR count). The van der Waals surface area contributed by atoms with Crippen molar-refractivity contribution in [2.75, 3.05) is 12.4 Å². The summed E-state index contributed by atoms with van der Waals surface area (Å²) < 4.78 is 25.6. The minimum absolute atomic E-state index is 0.175. The number of rotatable bonds is 4. The van der Waals surface area contributed by atoms with Gasteiger partial charge in [0.25, 0.3) is 0 Å². The van der Waals surface area contributed by atoms with Crippen LogP contribution in [-0.4, -0.2) is 26.4 Å². The van der Waals surface area contributed by atoms with Crippen LogP contribution in [0.3, 0.4) is 0 Å². The zero-order valence-corrected chi connectivity index (χ0v) is 13.4. The van der Waals surface area contributed by atoms with Crippen LogP contribution in [0.4, 0.5) is 5.13 Å². The molecule has 6 nitrogen and oxygen atoms in total. The van der Waals surface area contributed by atoms with Crippen LogP contribution in [0.2, 0.25) is 0 Å². The zero-order valence-electron chi connectivity index (χ0n) is 11.8. The van der Waals surface area contributed by atoms with Crippen molar-refractivity contribution in [1.82, 2.24) is 9.71 Å². The molecule has 1 amide bonds. The molecule has 112 valence electrons. The van der Waals surface area contributed by atoms with Crippen LogP contribution in [0.1, 0.15) is 12.6 Å². The predicted molar refractivity (Wildman–Crippen MR) is 82.8 cm³/mol. The number of carbonyl (C=O) groups excluding carboxylic acids is 1. The molecule has 0 saturated carbocycles. The molecule has 0 unspecified atom stereocenters. The van der Waals surface area contributed by atoms with Crippen LogP contribution >= 0.6 is 11.3 Å². The quantitative estimate of drug-likeness (QED) is 0.900. The third kappa shape index (κ3) is 3.46. The van der Waals surface area contributed by atoms with Crippen molar-refractivity contribution in [3.63, 3.8) is 0 Å². The number of carbonyl (C=O) groups is 1. The molecule has 0 fully saturated rings. The highest BCUT2D eigenvalue weighted by Crippen LogP contribution is 2.33. The molecule has 2 aromatic rings. The van der Waals surface area contributed by atoms with Crippen LogP contribution in [0.15, 0.2) is 29.2 Å². The molecule has 8 heteroatoms. The van der Waals surface area contributed by atoms with E-state index in [4.69, 9.17) is 0 Å². The van der Waals surface area contributed by atoms with E-state index < -0.39 is 10.0 Å². The van der Waals surface area contributed by atoms with Gasteiger partial charge in [-0.15, -0.1) is 0 Å². The maximum atomic E-state index is 11.7. The number of thiazole rings is 1. The van der Waals surface area contributed by atoms with Gasteiger partial charge in [0.1, 0.15) is 0 Å². The number of hydrogen-bond donors (Lipinski definition) is 2. The second-order valence-electron chi connectivity index (χ2n) is 4.35. The van der Waals surface area contributed by atoms with Crippen molar-refractivity contribution in [2.45, 2.75) is 18.7 Å². The number of benzene rings is 1. The van der Waals surface area contributed by atoms with Gasteiger partial charge in [-0.2, -0.15) is 0 Å². The summed E-state index contributed by atoms with van der Waals surface area (Å²) in [4.78, 5) is 16.4. The minimum atomic E-state index is -3.44. The lowest BCUT2D eigenvalue weighted by atomic mass is 10.2. The fourth-order valence-electron chi connectivity index (χ4n) is 1.77. The summed E-state index contributed by atoms with van der Waals surface area (Å²) in [5.74, 6) is -0.175. The SMILES string of the molecule is CNS(=O)(=O)c1ccc(-c2sc(NC(C)=O)nc2C)cc1. The Hall–Kier alpha value is -1.77. The first-order chi connectivity index (χ1) is 9.83. The van der Waals surface area contributed by atoms with Gasteiger partial charge in [0.15, 0.2) is 5.13 Å². The van der Waals surface area contributed by atoms with E-state index in [-0.39, 0.29) is 10.8 Å². The van der Waals surface area contributed by atoms with Crippen molar-refractivity contribution in [1.29, 1.82) is 0 Å². The van der Waals surface area contributed by atoms with E-state index in [1.165, 1.54) is 25.3 Å². The Balaban J connectivity index is 2.35. The van der Waals surface area contributed by atoms with Gasteiger partial charge in [0.2, 0.25) is 15.9 Å². The van der Waals surface area contributed by atoms with E-state index in [0.29, 0.717) is 5.13 Å². The van der Waals surface area contributed by atoms with E-state index in [2.05, 4.69) is 15.0 Å². The van der Waals surface area contributed by atoms with Gasteiger partial charge in [0, 0.05) is 6.92 Å². The average Bonchev–Trinajstić information content (AvgIpc) is 2.79. The zero-order chi connectivity index (χ0) is 15.6. The van der Waals surface area contributed by atoms with E-state index in [1.54, 1.807) is 24.3 Å². The lowest BCUT2D eigenvalue weighted by Crippen LogP contribution is -2.18. The van der Waals surface area contributed by atoms with Gasteiger partial charge in [-0.25, -0.2) is 18.1 Å². The Labute approximate surface area is 127 Å². The van der Waals surface area contributed by atoms with Crippen LogP contribution < -0.4 is 10.0 Å². The first-order valence-electron chi connectivity index (χ1n) is 6.12. The van der Waals surface area contributed by atoms with Gasteiger partial charge >= 0.3 is 0 Å². The highest BCUT2D eigenvalue weighted by Gasteiger charge is 2.14. The number of nitrogens with one attached hydrogen (secondary N) is 2. The Morgan fingerprint density at radius 3 is 2.38 bits per heavy atom. The summed E-state index contributed by atoms with van der Waals surface area (Å²) >= 11 is 1.35. The number of sulfonamides is 1. The first kappa shape index (κ1) is 15.6. The molecule has 0 aliphatic heterocycles. The number of aromatic nitrogens is 1. The second-order valence-corrected chi connectivity index (χ2v) is 7.23. The third-order valence-electron chi connectivity index (χ3n) is 2.78. The highest BCUT2D eigenvalue weighted by atomic mass is 32.2. The van der Waals surface area contributed by atoms with Crippen LogP contribution in [0, 0.1) is 6.92 Å². The number of nitrogens with zero attached hydrogens (tertiary/aromatic N) is 1. The van der Waals surface area contributed by atoms with Crippen molar-refractivity contribution < 1.29 is 13.2 Å². The van der Waals surface area contributed by atoms with E-state index in [1.807, 2.05) is 6.92 Å². The maximum absolute atomic E-state index is 11.7. The van der Waals surface area contributed by atoms with Crippen molar-refractivity contribution in [3.05, 3.63) is 30.0 Å². The number of hydrogen-bond acceptors (Lipinski definition) is 5. The molecule has 0 aliphatic rings. The molecule has 1 aromatic carbocycles. The topological polar surface area (TPSA) is 88.2 Å². The summed E-state index contributed by atoms with van der Waals surface area (Å²) in [6, 6.07) is 6.53. The summed E-state index contributed by atoms with van der Waals surface area (Å²) in [6.45, 7) is 3.27. The third-order valence-corrected chi connectivity index (χ3v) is 5.33. The molecule has 0 radical (unpaired) electrons.